The number of amides is 1. The summed E-state index contributed by atoms with van der Waals surface area (Å²) in [5, 5.41) is 0.566. The highest BCUT2D eigenvalue weighted by Crippen LogP contribution is 2.31. The zero-order valence-electron chi connectivity index (χ0n) is 11.6. The molecule has 21 heavy (non-hydrogen) atoms. The molecule has 2 aromatic rings. The molecule has 0 radical (unpaired) electrons. The lowest BCUT2D eigenvalue weighted by Gasteiger charge is -2.17. The highest BCUT2D eigenvalue weighted by molar-refractivity contribution is 6.31. The van der Waals surface area contributed by atoms with E-state index in [4.69, 9.17) is 11.6 Å². The molecule has 0 N–H and O–H groups in total. The number of aryl methyl sites for hydroxylation is 1. The van der Waals surface area contributed by atoms with Crippen LogP contribution in [-0.2, 0) is 11.2 Å². The van der Waals surface area contributed by atoms with Crippen LogP contribution >= 0.6 is 11.6 Å². The van der Waals surface area contributed by atoms with Gasteiger partial charge in [0.15, 0.2) is 5.78 Å². The van der Waals surface area contributed by atoms with Gasteiger partial charge in [0, 0.05) is 16.3 Å². The van der Waals surface area contributed by atoms with Gasteiger partial charge < -0.3 is 4.90 Å². The van der Waals surface area contributed by atoms with E-state index in [1.54, 1.807) is 18.2 Å². The Morgan fingerprint density at radius 3 is 2.81 bits per heavy atom. The number of hydrogen-bond donors (Lipinski definition) is 0. The number of hydrogen-bond acceptors (Lipinski definition) is 2. The molecule has 106 valence electrons. The SMILES string of the molecule is Cc1cccc(C(=O)CN2C(=O)Cc3ccc(Cl)cc32)c1. The van der Waals surface area contributed by atoms with Crippen molar-refractivity contribution >= 4 is 29.0 Å². The van der Waals surface area contributed by atoms with Gasteiger partial charge in [-0.3, -0.25) is 9.59 Å². The van der Waals surface area contributed by atoms with Gasteiger partial charge in [0.25, 0.3) is 0 Å². The summed E-state index contributed by atoms with van der Waals surface area (Å²) in [6.07, 6.45) is 0.327. The summed E-state index contributed by atoms with van der Waals surface area (Å²) in [5.41, 5.74) is 3.31. The van der Waals surface area contributed by atoms with Crippen molar-refractivity contribution in [3.63, 3.8) is 0 Å². The number of Topliss-reactive ketones (excluding diaryl/α,β-unsaturated/α-hetero) is 1. The number of carbonyl (C=O) groups excluding carboxylic acids is 2. The maximum absolute atomic E-state index is 12.4. The average Bonchev–Trinajstić information content (AvgIpc) is 2.75. The highest BCUT2D eigenvalue weighted by Gasteiger charge is 2.29. The van der Waals surface area contributed by atoms with Crippen LogP contribution in [0.4, 0.5) is 5.69 Å². The molecule has 1 aliphatic rings. The minimum absolute atomic E-state index is 0.0512. The Hall–Kier alpha value is -2.13. The van der Waals surface area contributed by atoms with E-state index in [0.717, 1.165) is 16.8 Å². The van der Waals surface area contributed by atoms with Crippen molar-refractivity contribution in [3.8, 4) is 0 Å². The van der Waals surface area contributed by atoms with Gasteiger partial charge in [0.2, 0.25) is 5.91 Å². The first-order chi connectivity index (χ1) is 10.0. The van der Waals surface area contributed by atoms with Crippen LogP contribution in [0, 0.1) is 6.92 Å². The average molecular weight is 300 g/mol. The van der Waals surface area contributed by atoms with Crippen LogP contribution in [0.25, 0.3) is 0 Å². The van der Waals surface area contributed by atoms with E-state index in [1.165, 1.54) is 4.90 Å². The second-order valence-corrected chi connectivity index (χ2v) is 5.66. The van der Waals surface area contributed by atoms with Gasteiger partial charge in [-0.05, 0) is 30.7 Å². The molecule has 0 fully saturated rings. The molecule has 0 unspecified atom stereocenters. The van der Waals surface area contributed by atoms with Gasteiger partial charge in [-0.1, -0.05) is 41.4 Å². The van der Waals surface area contributed by atoms with Gasteiger partial charge in [-0.15, -0.1) is 0 Å². The molecule has 0 aliphatic carbocycles. The fourth-order valence-electron chi connectivity index (χ4n) is 2.56. The van der Waals surface area contributed by atoms with Crippen molar-refractivity contribution in [1.29, 1.82) is 0 Å². The molecule has 1 heterocycles. The molecule has 0 aromatic heterocycles. The molecular formula is C17H14ClNO2. The Kier molecular flexibility index (Phi) is 3.52. The Balaban J connectivity index is 1.87. The smallest absolute Gasteiger partial charge is 0.231 e. The molecule has 0 saturated carbocycles. The molecule has 0 atom stereocenters. The predicted molar refractivity (Wildman–Crippen MR) is 83.0 cm³/mol. The molecule has 3 rings (SSSR count). The summed E-state index contributed by atoms with van der Waals surface area (Å²) in [4.78, 5) is 26.0. The zero-order valence-corrected chi connectivity index (χ0v) is 12.4. The highest BCUT2D eigenvalue weighted by atomic mass is 35.5. The van der Waals surface area contributed by atoms with Crippen molar-refractivity contribution in [3.05, 3.63) is 64.2 Å². The van der Waals surface area contributed by atoms with Crippen LogP contribution in [0.2, 0.25) is 5.02 Å². The van der Waals surface area contributed by atoms with E-state index < -0.39 is 0 Å². The van der Waals surface area contributed by atoms with Crippen LogP contribution in [0.5, 0.6) is 0 Å². The summed E-state index contributed by atoms with van der Waals surface area (Å²) in [7, 11) is 0. The number of rotatable bonds is 3. The number of carbonyl (C=O) groups is 2. The molecule has 2 aromatic carbocycles. The van der Waals surface area contributed by atoms with Crippen LogP contribution in [0.15, 0.2) is 42.5 Å². The number of ketones is 1. The normalized spacial score (nSPS) is 13.4. The van der Waals surface area contributed by atoms with E-state index in [-0.39, 0.29) is 18.2 Å². The molecule has 0 saturated heterocycles. The minimum atomic E-state index is -0.0696. The maximum Gasteiger partial charge on any atom is 0.231 e. The summed E-state index contributed by atoms with van der Waals surface area (Å²) >= 11 is 5.99. The standard InChI is InChI=1S/C17H14ClNO2/c1-11-3-2-4-13(7-11)16(20)10-19-15-9-14(18)6-5-12(15)8-17(19)21/h2-7,9H,8,10H2,1H3. The predicted octanol–water partition coefficient (Wildman–Crippen LogP) is 3.42. The van der Waals surface area contributed by atoms with Crippen molar-refractivity contribution < 1.29 is 9.59 Å². The van der Waals surface area contributed by atoms with Crippen LogP contribution < -0.4 is 4.90 Å². The fraction of sp³-hybridized carbons (Fsp3) is 0.176. The van der Waals surface area contributed by atoms with E-state index in [2.05, 4.69) is 0 Å². The first-order valence-corrected chi connectivity index (χ1v) is 7.11. The van der Waals surface area contributed by atoms with Crippen molar-refractivity contribution in [1.82, 2.24) is 0 Å². The quantitative estimate of drug-likeness (QED) is 0.814. The topological polar surface area (TPSA) is 37.4 Å². The molecule has 0 spiro atoms. The molecule has 3 nitrogen and oxygen atoms in total. The third-order valence-corrected chi connectivity index (χ3v) is 3.86. The Morgan fingerprint density at radius 2 is 2.05 bits per heavy atom. The van der Waals surface area contributed by atoms with Crippen molar-refractivity contribution in [2.45, 2.75) is 13.3 Å². The van der Waals surface area contributed by atoms with Crippen molar-refractivity contribution in [2.24, 2.45) is 0 Å². The molecule has 1 amide bonds. The Morgan fingerprint density at radius 1 is 1.24 bits per heavy atom. The fourth-order valence-corrected chi connectivity index (χ4v) is 2.72. The third kappa shape index (κ3) is 2.69. The molecule has 4 heteroatoms. The summed E-state index contributed by atoms with van der Waals surface area (Å²) in [5.74, 6) is -0.131. The van der Waals surface area contributed by atoms with Gasteiger partial charge in [-0.2, -0.15) is 0 Å². The number of fused-ring (bicyclic) bond motifs is 1. The van der Waals surface area contributed by atoms with Crippen LogP contribution in [0.3, 0.4) is 0 Å². The number of benzene rings is 2. The van der Waals surface area contributed by atoms with Crippen LogP contribution in [0.1, 0.15) is 21.5 Å². The van der Waals surface area contributed by atoms with Crippen molar-refractivity contribution in [2.75, 3.05) is 11.4 Å². The summed E-state index contributed by atoms with van der Waals surface area (Å²) < 4.78 is 0. The number of anilines is 1. The molecular weight excluding hydrogens is 286 g/mol. The minimum Gasteiger partial charge on any atom is -0.304 e. The van der Waals surface area contributed by atoms with Gasteiger partial charge in [0.1, 0.15) is 0 Å². The summed E-state index contributed by atoms with van der Waals surface area (Å²) in [6.45, 7) is 1.99. The Labute approximate surface area is 128 Å². The summed E-state index contributed by atoms with van der Waals surface area (Å²) in [6, 6.07) is 12.7. The maximum atomic E-state index is 12.4. The molecule has 1 aliphatic heterocycles. The first kappa shape index (κ1) is 13.8. The van der Waals surface area contributed by atoms with Gasteiger partial charge in [-0.25, -0.2) is 0 Å². The largest absolute Gasteiger partial charge is 0.304 e. The second-order valence-electron chi connectivity index (χ2n) is 5.22. The van der Waals surface area contributed by atoms with E-state index in [1.807, 2.05) is 31.2 Å². The van der Waals surface area contributed by atoms with E-state index in [9.17, 15) is 9.59 Å². The lowest BCUT2D eigenvalue weighted by Crippen LogP contribution is -2.32. The zero-order chi connectivity index (χ0) is 15.0. The second kappa shape index (κ2) is 5.34. The van der Waals surface area contributed by atoms with E-state index in [0.29, 0.717) is 17.0 Å². The first-order valence-electron chi connectivity index (χ1n) is 6.73. The Bertz CT molecular complexity index is 739. The van der Waals surface area contributed by atoms with Gasteiger partial charge in [0.05, 0.1) is 13.0 Å². The lowest BCUT2D eigenvalue weighted by atomic mass is 10.1. The third-order valence-electron chi connectivity index (χ3n) is 3.62. The number of halogens is 1. The monoisotopic (exact) mass is 299 g/mol. The number of nitrogens with zero attached hydrogens (tertiary/aromatic N) is 1. The van der Waals surface area contributed by atoms with E-state index >= 15 is 0 Å². The van der Waals surface area contributed by atoms with Gasteiger partial charge >= 0.3 is 0 Å². The van der Waals surface area contributed by atoms with Crippen LogP contribution in [-0.4, -0.2) is 18.2 Å². The lowest BCUT2D eigenvalue weighted by molar-refractivity contribution is -0.117. The molecule has 0 bridgehead atoms.